The van der Waals surface area contributed by atoms with Gasteiger partial charge in [0.2, 0.25) is 0 Å². The third-order valence-electron chi connectivity index (χ3n) is 6.48. The maximum Gasteiger partial charge on any atom is 0.266 e. The summed E-state index contributed by atoms with van der Waals surface area (Å²) in [5.74, 6) is 0.981. The summed E-state index contributed by atoms with van der Waals surface area (Å²) >= 11 is 0. The average molecular weight is 459 g/mol. The molecule has 0 spiro atoms. The summed E-state index contributed by atoms with van der Waals surface area (Å²) in [6, 6.07) is 6.18. The molecule has 2 aromatic heterocycles. The molecule has 0 unspecified atom stereocenters. The molecule has 1 aromatic carbocycles. The minimum atomic E-state index is -2.87. The van der Waals surface area contributed by atoms with E-state index in [9.17, 15) is 13.2 Å². The molecule has 9 heteroatoms. The van der Waals surface area contributed by atoms with Crippen LogP contribution < -0.4 is 10.2 Å². The van der Waals surface area contributed by atoms with Crippen LogP contribution in [-0.4, -0.2) is 52.1 Å². The number of piperazine rings is 1. The molecule has 6 nitrogen and oxygen atoms in total. The predicted molar refractivity (Wildman–Crippen MR) is 124 cm³/mol. The highest BCUT2D eigenvalue weighted by molar-refractivity contribution is 5.90. The van der Waals surface area contributed by atoms with Crippen LogP contribution in [0, 0.1) is 12.7 Å². The van der Waals surface area contributed by atoms with Crippen LogP contribution in [0.5, 0.6) is 0 Å². The zero-order chi connectivity index (χ0) is 23.9. The smallest absolute Gasteiger partial charge is 0.266 e. The van der Waals surface area contributed by atoms with Crippen molar-refractivity contribution in [2.24, 2.45) is 0 Å². The van der Waals surface area contributed by atoms with Gasteiger partial charge in [0.05, 0.1) is 23.3 Å². The standard InChI is InChI=1S/C24H29F3N6/c1-13-11-33(12-14(2)32(13)5)21-9-19-20(10-28-21)30-16(4)31-24(19)29-15(3)17-7-6-8-18(22(17)25)23(26)27/h6-10,13-15,23H,11-12H2,1-5H3,(H,29,30,31)/t13-,14-,15+/m0/s1. The second-order valence-corrected chi connectivity index (χ2v) is 8.86. The van der Waals surface area contributed by atoms with Crippen molar-refractivity contribution in [2.45, 2.75) is 52.2 Å². The molecule has 1 N–H and O–H groups in total. The van der Waals surface area contributed by atoms with E-state index in [2.05, 4.69) is 51.0 Å². The van der Waals surface area contributed by atoms with Crippen LogP contribution in [0.3, 0.4) is 0 Å². The molecule has 1 aliphatic heterocycles. The van der Waals surface area contributed by atoms with Crippen molar-refractivity contribution in [2.75, 3.05) is 30.4 Å². The molecule has 1 aliphatic rings. The van der Waals surface area contributed by atoms with Gasteiger partial charge in [-0.3, -0.25) is 4.90 Å². The zero-order valence-electron chi connectivity index (χ0n) is 19.5. The zero-order valence-corrected chi connectivity index (χ0v) is 19.5. The number of nitrogens with zero attached hydrogens (tertiary/aromatic N) is 5. The van der Waals surface area contributed by atoms with E-state index in [1.165, 1.54) is 12.1 Å². The minimum Gasteiger partial charge on any atom is -0.363 e. The highest BCUT2D eigenvalue weighted by atomic mass is 19.3. The lowest BCUT2D eigenvalue weighted by atomic mass is 10.0. The number of benzene rings is 1. The largest absolute Gasteiger partial charge is 0.363 e. The molecular weight excluding hydrogens is 429 g/mol. The summed E-state index contributed by atoms with van der Waals surface area (Å²) in [5, 5.41) is 3.97. The SMILES string of the molecule is Cc1nc(N[C@H](C)c2cccc(C(F)F)c2F)c2cc(N3C[C@H](C)N(C)[C@@H](C)C3)ncc2n1. The lowest BCUT2D eigenvalue weighted by molar-refractivity contribution is 0.146. The molecule has 0 radical (unpaired) electrons. The van der Waals surface area contributed by atoms with Crippen molar-refractivity contribution >= 4 is 22.5 Å². The van der Waals surface area contributed by atoms with Crippen LogP contribution in [-0.2, 0) is 0 Å². The van der Waals surface area contributed by atoms with Crippen LogP contribution in [0.4, 0.5) is 24.8 Å². The molecule has 0 bridgehead atoms. The molecule has 4 rings (SSSR count). The number of pyridine rings is 1. The molecule has 1 saturated heterocycles. The number of aromatic nitrogens is 3. The molecule has 0 aliphatic carbocycles. The van der Waals surface area contributed by atoms with E-state index in [-0.39, 0.29) is 5.56 Å². The molecule has 0 amide bonds. The van der Waals surface area contributed by atoms with Gasteiger partial charge in [0.1, 0.15) is 23.3 Å². The van der Waals surface area contributed by atoms with Crippen molar-refractivity contribution in [3.05, 3.63) is 53.2 Å². The summed E-state index contributed by atoms with van der Waals surface area (Å²) in [4.78, 5) is 18.2. The van der Waals surface area contributed by atoms with E-state index < -0.39 is 23.8 Å². The van der Waals surface area contributed by atoms with Crippen molar-refractivity contribution in [1.82, 2.24) is 19.9 Å². The van der Waals surface area contributed by atoms with Gasteiger partial charge in [0.15, 0.2) is 0 Å². The number of aryl methyl sites for hydroxylation is 1. The summed E-state index contributed by atoms with van der Waals surface area (Å²) < 4.78 is 41.0. The minimum absolute atomic E-state index is 0.160. The van der Waals surface area contributed by atoms with Crippen molar-refractivity contribution in [1.29, 1.82) is 0 Å². The Hall–Kier alpha value is -2.94. The highest BCUT2D eigenvalue weighted by Crippen LogP contribution is 2.31. The number of nitrogens with one attached hydrogen (secondary N) is 1. The van der Waals surface area contributed by atoms with Gasteiger partial charge in [-0.25, -0.2) is 28.1 Å². The van der Waals surface area contributed by atoms with E-state index in [4.69, 9.17) is 0 Å². The van der Waals surface area contributed by atoms with E-state index in [0.717, 1.165) is 30.4 Å². The molecule has 176 valence electrons. The number of likely N-dealkylation sites (N-methyl/N-ethyl adjacent to an activating group) is 1. The molecule has 0 saturated carbocycles. The fourth-order valence-corrected chi connectivity index (χ4v) is 4.37. The third-order valence-corrected chi connectivity index (χ3v) is 6.48. The van der Waals surface area contributed by atoms with Crippen LogP contribution in [0.15, 0.2) is 30.5 Å². The Morgan fingerprint density at radius 1 is 1.09 bits per heavy atom. The van der Waals surface area contributed by atoms with Crippen LogP contribution in [0.1, 0.15) is 50.2 Å². The summed E-state index contributed by atoms with van der Waals surface area (Å²) in [6.07, 6.45) is -1.15. The lowest BCUT2D eigenvalue weighted by Crippen LogP contribution is -2.55. The Balaban J connectivity index is 1.69. The number of rotatable bonds is 5. The molecular formula is C24H29F3N6. The van der Waals surface area contributed by atoms with Gasteiger partial charge in [0.25, 0.3) is 6.43 Å². The Morgan fingerprint density at radius 3 is 2.42 bits per heavy atom. The number of halogens is 3. The molecule has 33 heavy (non-hydrogen) atoms. The summed E-state index contributed by atoms with van der Waals surface area (Å²) in [5.41, 5.74) is 0.223. The average Bonchev–Trinajstić information content (AvgIpc) is 2.76. The fourth-order valence-electron chi connectivity index (χ4n) is 4.37. The van der Waals surface area contributed by atoms with E-state index in [1.807, 2.05) is 6.07 Å². The number of hydrogen-bond acceptors (Lipinski definition) is 6. The van der Waals surface area contributed by atoms with E-state index >= 15 is 0 Å². The second-order valence-electron chi connectivity index (χ2n) is 8.86. The van der Waals surface area contributed by atoms with Gasteiger partial charge in [-0.2, -0.15) is 0 Å². The highest BCUT2D eigenvalue weighted by Gasteiger charge is 2.28. The normalized spacial score (nSPS) is 20.5. The molecule has 1 fully saturated rings. The van der Waals surface area contributed by atoms with E-state index in [0.29, 0.717) is 29.2 Å². The maximum atomic E-state index is 14.7. The first-order valence-electron chi connectivity index (χ1n) is 11.1. The van der Waals surface area contributed by atoms with Gasteiger partial charge in [-0.15, -0.1) is 0 Å². The predicted octanol–water partition coefficient (Wildman–Crippen LogP) is 5.11. The maximum absolute atomic E-state index is 14.7. The summed E-state index contributed by atoms with van der Waals surface area (Å²) in [6.45, 7) is 9.56. The van der Waals surface area contributed by atoms with Crippen LogP contribution >= 0.6 is 0 Å². The molecule has 3 heterocycles. The number of alkyl halides is 2. The van der Waals surface area contributed by atoms with Gasteiger partial charge >= 0.3 is 0 Å². The monoisotopic (exact) mass is 458 g/mol. The Morgan fingerprint density at radius 2 is 1.76 bits per heavy atom. The third kappa shape index (κ3) is 4.59. The number of hydrogen-bond donors (Lipinski definition) is 1. The van der Waals surface area contributed by atoms with Crippen molar-refractivity contribution in [3.8, 4) is 0 Å². The van der Waals surface area contributed by atoms with Crippen molar-refractivity contribution < 1.29 is 13.2 Å². The first-order chi connectivity index (χ1) is 15.7. The number of fused-ring (bicyclic) bond motifs is 1. The Kier molecular flexibility index (Phi) is 6.43. The molecule has 3 atom stereocenters. The van der Waals surface area contributed by atoms with E-state index in [1.54, 1.807) is 20.0 Å². The van der Waals surface area contributed by atoms with Crippen molar-refractivity contribution in [3.63, 3.8) is 0 Å². The first kappa shape index (κ1) is 23.2. The van der Waals surface area contributed by atoms with Gasteiger partial charge in [0, 0.05) is 36.1 Å². The Labute approximate surface area is 191 Å². The quantitative estimate of drug-likeness (QED) is 0.573. The van der Waals surface area contributed by atoms with Gasteiger partial charge < -0.3 is 10.2 Å². The number of anilines is 2. The lowest BCUT2D eigenvalue weighted by Gasteiger charge is -2.43. The fraction of sp³-hybridized carbons (Fsp3) is 0.458. The molecule has 3 aromatic rings. The summed E-state index contributed by atoms with van der Waals surface area (Å²) in [7, 11) is 2.13. The Bertz CT molecular complexity index is 1140. The first-order valence-corrected chi connectivity index (χ1v) is 11.1. The van der Waals surface area contributed by atoms with Crippen LogP contribution in [0.25, 0.3) is 10.9 Å². The van der Waals surface area contributed by atoms with Gasteiger partial charge in [-0.05, 0) is 40.8 Å². The van der Waals surface area contributed by atoms with Crippen LogP contribution in [0.2, 0.25) is 0 Å². The topological polar surface area (TPSA) is 57.2 Å². The second kappa shape index (κ2) is 9.13. The van der Waals surface area contributed by atoms with Gasteiger partial charge in [-0.1, -0.05) is 18.2 Å².